The molecule has 1 atom stereocenters. The molecule has 0 bridgehead atoms. The van der Waals surface area contributed by atoms with Crippen LogP contribution in [-0.4, -0.2) is 18.8 Å². The van der Waals surface area contributed by atoms with Crippen LogP contribution < -0.4 is 9.84 Å². The molecule has 3 nitrogen and oxygen atoms in total. The van der Waals surface area contributed by atoms with Crippen LogP contribution in [0.25, 0.3) is 0 Å². The van der Waals surface area contributed by atoms with Crippen molar-refractivity contribution in [3.8, 4) is 5.75 Å². The summed E-state index contributed by atoms with van der Waals surface area (Å²) < 4.78 is 44.5. The van der Waals surface area contributed by atoms with Gasteiger partial charge in [0.05, 0.1) is 13.1 Å². The molecule has 0 N–H and O–H groups in total. The summed E-state index contributed by atoms with van der Waals surface area (Å²) in [7, 11) is 0. The second kappa shape index (κ2) is 6.95. The van der Waals surface area contributed by atoms with E-state index in [4.69, 9.17) is 4.74 Å². The summed E-state index contributed by atoms with van der Waals surface area (Å²) in [5, 5.41) is 10.5. The van der Waals surface area contributed by atoms with Crippen LogP contribution in [0.3, 0.4) is 0 Å². The maximum absolute atomic E-state index is 12.4. The molecule has 1 aromatic carbocycles. The van der Waals surface area contributed by atoms with Crippen LogP contribution in [0.2, 0.25) is 0 Å². The van der Waals surface area contributed by atoms with Crippen molar-refractivity contribution >= 4 is 73.7 Å². The van der Waals surface area contributed by atoms with Crippen molar-refractivity contribution in [1.82, 2.24) is 0 Å². The highest BCUT2D eigenvalue weighted by Gasteiger charge is 2.41. The highest BCUT2D eigenvalue weighted by Crippen LogP contribution is 2.32. The molecule has 0 aliphatic rings. The van der Waals surface area contributed by atoms with Gasteiger partial charge in [0.25, 0.3) is 0 Å². The number of hydrogen-bond donors (Lipinski definition) is 0. The van der Waals surface area contributed by atoms with Gasteiger partial charge in [0.15, 0.2) is 0 Å². The SMILES string of the molecule is O=C([O-])C(COc1c(I)cc(I)cc1I)C(F)(F)F. The topological polar surface area (TPSA) is 49.4 Å². The summed E-state index contributed by atoms with van der Waals surface area (Å²) in [6.45, 7) is -1.00. The highest BCUT2D eigenvalue weighted by atomic mass is 127. The zero-order valence-corrected chi connectivity index (χ0v) is 15.4. The third-order valence-corrected chi connectivity index (χ3v) is 4.26. The summed E-state index contributed by atoms with van der Waals surface area (Å²) in [6, 6.07) is 3.44. The van der Waals surface area contributed by atoms with Crippen molar-refractivity contribution in [2.24, 2.45) is 5.92 Å². The molecule has 0 amide bonds. The van der Waals surface area contributed by atoms with Crippen LogP contribution in [-0.2, 0) is 4.79 Å². The maximum atomic E-state index is 12.4. The van der Waals surface area contributed by atoms with E-state index in [1.165, 1.54) is 0 Å². The van der Waals surface area contributed by atoms with Crippen LogP contribution in [0, 0.1) is 16.6 Å². The molecule has 1 rings (SSSR count). The summed E-state index contributed by atoms with van der Waals surface area (Å²) >= 11 is 5.90. The van der Waals surface area contributed by atoms with Crippen molar-refractivity contribution in [3.05, 3.63) is 22.8 Å². The Labute approximate surface area is 147 Å². The molecule has 0 aliphatic heterocycles. The van der Waals surface area contributed by atoms with Crippen molar-refractivity contribution in [2.45, 2.75) is 6.18 Å². The number of carboxylic acid groups (broad SMARTS) is 1. The quantitative estimate of drug-likeness (QED) is 0.493. The molecule has 0 saturated carbocycles. The Balaban J connectivity index is 2.90. The van der Waals surface area contributed by atoms with Crippen LogP contribution in [0.4, 0.5) is 13.2 Å². The molecular formula is C10H5F3I3O3-. The van der Waals surface area contributed by atoms with E-state index < -0.39 is 24.7 Å². The van der Waals surface area contributed by atoms with Gasteiger partial charge in [0.2, 0.25) is 0 Å². The van der Waals surface area contributed by atoms with Crippen LogP contribution >= 0.6 is 67.8 Å². The molecular weight excluding hydrogens is 606 g/mol. The predicted molar refractivity (Wildman–Crippen MR) is 84.6 cm³/mol. The summed E-state index contributed by atoms with van der Waals surface area (Å²) in [4.78, 5) is 10.5. The third-order valence-electron chi connectivity index (χ3n) is 2.04. The van der Waals surface area contributed by atoms with Crippen LogP contribution in [0.5, 0.6) is 5.75 Å². The maximum Gasteiger partial charge on any atom is 0.400 e. The second-order valence-electron chi connectivity index (χ2n) is 3.42. The molecule has 106 valence electrons. The molecule has 0 aromatic heterocycles. The first kappa shape index (κ1) is 17.5. The Bertz CT molecular complexity index is 468. The van der Waals surface area contributed by atoms with Gasteiger partial charge in [-0.2, -0.15) is 13.2 Å². The molecule has 0 spiro atoms. The Morgan fingerprint density at radius 3 is 2.11 bits per heavy atom. The number of aliphatic carboxylic acids is 1. The fourth-order valence-corrected chi connectivity index (χ4v) is 5.02. The van der Waals surface area contributed by atoms with Gasteiger partial charge in [-0.25, -0.2) is 0 Å². The largest absolute Gasteiger partial charge is 0.549 e. The van der Waals surface area contributed by atoms with Crippen molar-refractivity contribution in [1.29, 1.82) is 0 Å². The van der Waals surface area contributed by atoms with Crippen molar-refractivity contribution in [3.63, 3.8) is 0 Å². The first-order chi connectivity index (χ1) is 8.62. The number of alkyl halides is 3. The Hall–Kier alpha value is 0.470. The summed E-state index contributed by atoms with van der Waals surface area (Å²) in [6.07, 6.45) is -4.89. The first-order valence-electron chi connectivity index (χ1n) is 4.68. The van der Waals surface area contributed by atoms with E-state index in [0.717, 1.165) is 3.57 Å². The van der Waals surface area contributed by atoms with Gasteiger partial charge in [-0.05, 0) is 79.9 Å². The molecule has 1 aromatic rings. The standard InChI is InChI=1S/C10H6F3I3O3/c11-10(12,13)5(9(17)18)3-19-8-6(15)1-4(14)2-7(8)16/h1-2,5H,3H2,(H,17,18)/p-1. The number of halogens is 6. The molecule has 19 heavy (non-hydrogen) atoms. The highest BCUT2D eigenvalue weighted by molar-refractivity contribution is 14.1. The van der Waals surface area contributed by atoms with E-state index >= 15 is 0 Å². The van der Waals surface area contributed by atoms with E-state index in [0.29, 0.717) is 7.14 Å². The molecule has 1 unspecified atom stereocenters. The van der Waals surface area contributed by atoms with Crippen LogP contribution in [0.15, 0.2) is 12.1 Å². The molecule has 0 heterocycles. The fourth-order valence-electron chi connectivity index (χ4n) is 1.13. The van der Waals surface area contributed by atoms with Gasteiger partial charge in [-0.15, -0.1) is 0 Å². The molecule has 9 heteroatoms. The Morgan fingerprint density at radius 2 is 1.74 bits per heavy atom. The van der Waals surface area contributed by atoms with Gasteiger partial charge in [0.1, 0.15) is 18.3 Å². The van der Waals surface area contributed by atoms with E-state index in [1.54, 1.807) is 12.1 Å². The monoisotopic (exact) mass is 611 g/mol. The minimum atomic E-state index is -4.89. The van der Waals surface area contributed by atoms with E-state index in [2.05, 4.69) is 22.6 Å². The lowest BCUT2D eigenvalue weighted by molar-refractivity contribution is -0.327. The Morgan fingerprint density at radius 1 is 1.26 bits per heavy atom. The van der Waals surface area contributed by atoms with E-state index in [9.17, 15) is 23.1 Å². The number of carboxylic acids is 1. The lowest BCUT2D eigenvalue weighted by Gasteiger charge is -2.22. The Kier molecular flexibility index (Phi) is 6.41. The third kappa shape index (κ3) is 5.06. The minimum absolute atomic E-state index is 0.247. The predicted octanol–water partition coefficient (Wildman–Crippen LogP) is 2.81. The van der Waals surface area contributed by atoms with Gasteiger partial charge in [-0.3, -0.25) is 0 Å². The van der Waals surface area contributed by atoms with E-state index in [1.807, 2.05) is 45.2 Å². The zero-order valence-electron chi connectivity index (χ0n) is 8.93. The van der Waals surface area contributed by atoms with Gasteiger partial charge in [-0.1, -0.05) is 0 Å². The molecule has 0 fully saturated rings. The minimum Gasteiger partial charge on any atom is -0.549 e. The van der Waals surface area contributed by atoms with Crippen molar-refractivity contribution < 1.29 is 27.8 Å². The lowest BCUT2D eigenvalue weighted by atomic mass is 10.1. The average molecular weight is 611 g/mol. The summed E-state index contributed by atoms with van der Waals surface area (Å²) in [5.74, 6) is -4.58. The smallest absolute Gasteiger partial charge is 0.400 e. The van der Waals surface area contributed by atoms with Gasteiger partial charge < -0.3 is 14.6 Å². The lowest BCUT2D eigenvalue weighted by Crippen LogP contribution is -2.43. The summed E-state index contributed by atoms with van der Waals surface area (Å²) in [5.41, 5.74) is 0. The number of carbonyl (C=O) groups is 1. The molecule has 0 radical (unpaired) electrons. The van der Waals surface area contributed by atoms with Crippen LogP contribution in [0.1, 0.15) is 0 Å². The normalized spacial score (nSPS) is 13.2. The first-order valence-corrected chi connectivity index (χ1v) is 7.91. The molecule has 0 aliphatic carbocycles. The fraction of sp³-hybridized carbons (Fsp3) is 0.300. The van der Waals surface area contributed by atoms with Crippen molar-refractivity contribution in [2.75, 3.05) is 6.61 Å². The molecule has 0 saturated heterocycles. The van der Waals surface area contributed by atoms with Gasteiger partial charge >= 0.3 is 6.18 Å². The number of rotatable bonds is 4. The number of hydrogen-bond acceptors (Lipinski definition) is 3. The number of ether oxygens (including phenoxy) is 1. The average Bonchev–Trinajstić information content (AvgIpc) is 2.18. The number of carbonyl (C=O) groups excluding carboxylic acids is 1. The van der Waals surface area contributed by atoms with E-state index in [-0.39, 0.29) is 5.75 Å². The van der Waals surface area contributed by atoms with Gasteiger partial charge in [0, 0.05) is 3.57 Å². The number of benzene rings is 1. The zero-order chi connectivity index (χ0) is 14.8. The second-order valence-corrected chi connectivity index (χ2v) is 6.99.